The van der Waals surface area contributed by atoms with E-state index in [1.54, 1.807) is 0 Å². The number of carbonyl (C=O) groups is 1. The highest BCUT2D eigenvalue weighted by atomic mass is 16.2. The zero-order chi connectivity index (χ0) is 20.3. The predicted octanol–water partition coefficient (Wildman–Crippen LogP) is 1.36. The van der Waals surface area contributed by atoms with E-state index < -0.39 is 0 Å². The van der Waals surface area contributed by atoms with Crippen LogP contribution in [0.5, 0.6) is 0 Å². The third-order valence-electron chi connectivity index (χ3n) is 6.59. The van der Waals surface area contributed by atoms with Crippen molar-refractivity contribution in [2.24, 2.45) is 10.9 Å². The quantitative estimate of drug-likeness (QED) is 0.471. The Bertz CT molecular complexity index is 505. The van der Waals surface area contributed by atoms with Gasteiger partial charge in [0.15, 0.2) is 5.96 Å². The molecule has 2 heterocycles. The van der Waals surface area contributed by atoms with Gasteiger partial charge >= 0.3 is 0 Å². The second-order valence-corrected chi connectivity index (χ2v) is 8.74. The molecule has 1 saturated carbocycles. The molecule has 29 heavy (non-hydrogen) atoms. The summed E-state index contributed by atoms with van der Waals surface area (Å²) in [5.74, 6) is 1.65. The summed E-state index contributed by atoms with van der Waals surface area (Å²) >= 11 is 0. The zero-order valence-corrected chi connectivity index (χ0v) is 18.5. The molecule has 0 aromatic heterocycles. The van der Waals surface area contributed by atoms with Crippen molar-refractivity contribution in [3.8, 4) is 0 Å². The smallest absolute Gasteiger partial charge is 0.225 e. The number of guanidine groups is 1. The van der Waals surface area contributed by atoms with E-state index in [4.69, 9.17) is 4.99 Å². The number of nitrogens with one attached hydrogen (secondary N) is 2. The minimum atomic E-state index is 0.310. The number of aliphatic imine (C=N–C) groups is 1. The molecule has 0 bridgehead atoms. The Kier molecular flexibility index (Phi) is 9.54. The predicted molar refractivity (Wildman–Crippen MR) is 119 cm³/mol. The molecule has 3 fully saturated rings. The highest BCUT2D eigenvalue weighted by Gasteiger charge is 2.29. The van der Waals surface area contributed by atoms with Gasteiger partial charge in [0.05, 0.1) is 6.54 Å². The first-order valence-electron chi connectivity index (χ1n) is 12.0. The number of hydrogen-bond acceptors (Lipinski definition) is 4. The van der Waals surface area contributed by atoms with Crippen LogP contribution in [0.4, 0.5) is 0 Å². The fourth-order valence-corrected chi connectivity index (χ4v) is 4.78. The summed E-state index contributed by atoms with van der Waals surface area (Å²) in [6, 6.07) is 0. The Morgan fingerprint density at radius 3 is 2.24 bits per heavy atom. The third kappa shape index (κ3) is 7.45. The van der Waals surface area contributed by atoms with Crippen molar-refractivity contribution in [1.82, 2.24) is 25.3 Å². The van der Waals surface area contributed by atoms with Crippen LogP contribution >= 0.6 is 0 Å². The average molecular weight is 407 g/mol. The van der Waals surface area contributed by atoms with Gasteiger partial charge in [-0.05, 0) is 45.7 Å². The summed E-state index contributed by atoms with van der Waals surface area (Å²) < 4.78 is 0. The van der Waals surface area contributed by atoms with Crippen molar-refractivity contribution in [3.05, 3.63) is 0 Å². The van der Waals surface area contributed by atoms with Gasteiger partial charge in [-0.3, -0.25) is 14.7 Å². The summed E-state index contributed by atoms with van der Waals surface area (Å²) in [4.78, 5) is 24.4. The number of piperazine rings is 1. The molecule has 7 nitrogen and oxygen atoms in total. The first-order valence-corrected chi connectivity index (χ1v) is 12.0. The van der Waals surface area contributed by atoms with Gasteiger partial charge in [0, 0.05) is 58.3 Å². The lowest BCUT2D eigenvalue weighted by molar-refractivity contribution is -0.137. The maximum absolute atomic E-state index is 12.6. The van der Waals surface area contributed by atoms with Crippen molar-refractivity contribution in [3.63, 3.8) is 0 Å². The molecule has 2 aliphatic heterocycles. The van der Waals surface area contributed by atoms with E-state index in [9.17, 15) is 4.79 Å². The van der Waals surface area contributed by atoms with E-state index >= 15 is 0 Å². The third-order valence-corrected chi connectivity index (χ3v) is 6.59. The number of rotatable bonds is 8. The van der Waals surface area contributed by atoms with Gasteiger partial charge in [-0.25, -0.2) is 0 Å². The lowest BCUT2D eigenvalue weighted by Crippen LogP contribution is -2.50. The van der Waals surface area contributed by atoms with Gasteiger partial charge in [-0.15, -0.1) is 0 Å². The minimum Gasteiger partial charge on any atom is -0.357 e. The second kappa shape index (κ2) is 12.4. The lowest BCUT2D eigenvalue weighted by Gasteiger charge is -2.35. The van der Waals surface area contributed by atoms with E-state index in [1.807, 2.05) is 0 Å². The number of piperidine rings is 1. The monoisotopic (exact) mass is 406 g/mol. The van der Waals surface area contributed by atoms with E-state index in [0.29, 0.717) is 11.8 Å². The molecule has 7 heteroatoms. The molecule has 0 radical (unpaired) electrons. The molecular weight excluding hydrogens is 364 g/mol. The molecule has 0 aromatic rings. The number of amides is 1. The summed E-state index contributed by atoms with van der Waals surface area (Å²) in [5, 5.41) is 6.85. The first kappa shape index (κ1) is 22.3. The number of hydrogen-bond donors (Lipinski definition) is 2. The van der Waals surface area contributed by atoms with Crippen LogP contribution in [-0.2, 0) is 4.79 Å². The minimum absolute atomic E-state index is 0.310. The van der Waals surface area contributed by atoms with Gasteiger partial charge in [0.2, 0.25) is 5.91 Å². The van der Waals surface area contributed by atoms with Crippen molar-refractivity contribution in [2.75, 3.05) is 72.0 Å². The Hall–Kier alpha value is -1.34. The van der Waals surface area contributed by atoms with Crippen molar-refractivity contribution in [1.29, 1.82) is 0 Å². The molecule has 2 saturated heterocycles. The summed E-state index contributed by atoms with van der Waals surface area (Å²) in [6.45, 7) is 13.0. The molecule has 2 N–H and O–H groups in total. The maximum atomic E-state index is 12.6. The van der Waals surface area contributed by atoms with Crippen LogP contribution in [0.25, 0.3) is 0 Å². The second-order valence-electron chi connectivity index (χ2n) is 8.74. The fraction of sp³-hybridized carbons (Fsp3) is 0.909. The Balaban J connectivity index is 1.32. The van der Waals surface area contributed by atoms with Crippen LogP contribution in [0.15, 0.2) is 4.99 Å². The maximum Gasteiger partial charge on any atom is 0.225 e. The van der Waals surface area contributed by atoms with E-state index in [1.165, 1.54) is 45.2 Å². The molecule has 0 unspecified atom stereocenters. The fourth-order valence-electron chi connectivity index (χ4n) is 4.78. The number of carbonyl (C=O) groups excluding carboxylic acids is 1. The first-order chi connectivity index (χ1) is 14.3. The van der Waals surface area contributed by atoms with Gasteiger partial charge in [0.1, 0.15) is 0 Å². The Morgan fingerprint density at radius 1 is 0.862 bits per heavy atom. The zero-order valence-electron chi connectivity index (χ0n) is 18.5. The van der Waals surface area contributed by atoms with Crippen LogP contribution in [-0.4, -0.2) is 98.6 Å². The molecule has 1 aliphatic carbocycles. The Labute approximate surface area is 177 Å². The van der Waals surface area contributed by atoms with E-state index in [-0.39, 0.29) is 0 Å². The standard InChI is InChI=1S/C22H42N6O/c1-2-23-22(24-10-14-26-12-6-3-7-13-26)25-11-15-27-16-18-28(19-17-27)21(29)20-8-4-5-9-20/h20H,2-19H2,1H3,(H2,23,24,25). The highest BCUT2D eigenvalue weighted by molar-refractivity contribution is 5.80. The van der Waals surface area contributed by atoms with Crippen LogP contribution in [0, 0.1) is 5.92 Å². The Morgan fingerprint density at radius 2 is 1.55 bits per heavy atom. The molecule has 1 amide bonds. The molecule has 166 valence electrons. The van der Waals surface area contributed by atoms with Crippen molar-refractivity contribution in [2.45, 2.75) is 51.9 Å². The summed E-state index contributed by atoms with van der Waals surface area (Å²) in [7, 11) is 0. The average Bonchev–Trinajstić information content (AvgIpc) is 3.29. The molecule has 0 atom stereocenters. The van der Waals surface area contributed by atoms with Crippen molar-refractivity contribution < 1.29 is 4.79 Å². The van der Waals surface area contributed by atoms with Gasteiger partial charge in [0.25, 0.3) is 0 Å². The molecule has 3 rings (SSSR count). The van der Waals surface area contributed by atoms with Crippen molar-refractivity contribution >= 4 is 11.9 Å². The SMILES string of the molecule is CCNC(=NCCN1CCN(C(=O)C2CCCC2)CC1)NCCN1CCCCC1. The van der Waals surface area contributed by atoms with E-state index in [2.05, 4.69) is 32.3 Å². The van der Waals surface area contributed by atoms with Crippen LogP contribution in [0.3, 0.4) is 0 Å². The van der Waals surface area contributed by atoms with Gasteiger partial charge < -0.3 is 20.4 Å². The molecule has 0 aromatic carbocycles. The van der Waals surface area contributed by atoms with Gasteiger partial charge in [-0.1, -0.05) is 19.3 Å². The van der Waals surface area contributed by atoms with Gasteiger partial charge in [-0.2, -0.15) is 0 Å². The number of likely N-dealkylation sites (tertiary alicyclic amines) is 1. The lowest BCUT2D eigenvalue weighted by atomic mass is 10.1. The topological polar surface area (TPSA) is 63.2 Å². The van der Waals surface area contributed by atoms with Crippen LogP contribution in [0.1, 0.15) is 51.9 Å². The molecule has 3 aliphatic rings. The molecule has 0 spiro atoms. The number of nitrogens with zero attached hydrogens (tertiary/aromatic N) is 4. The summed E-state index contributed by atoms with van der Waals surface area (Å²) in [5.41, 5.74) is 0. The highest BCUT2D eigenvalue weighted by Crippen LogP contribution is 2.26. The van der Waals surface area contributed by atoms with Crippen LogP contribution < -0.4 is 10.6 Å². The molecular formula is C22H42N6O. The van der Waals surface area contributed by atoms with E-state index in [0.717, 1.165) is 77.7 Å². The summed E-state index contributed by atoms with van der Waals surface area (Å²) in [6.07, 6.45) is 8.74. The normalized spacial score (nSPS) is 22.8. The largest absolute Gasteiger partial charge is 0.357 e. The van der Waals surface area contributed by atoms with Crippen LogP contribution in [0.2, 0.25) is 0 Å².